The van der Waals surface area contributed by atoms with E-state index in [0.717, 1.165) is 11.1 Å². The number of amides is 1. The lowest BCUT2D eigenvalue weighted by atomic mass is 10.1. The lowest BCUT2D eigenvalue weighted by Crippen LogP contribution is -2.48. The molecule has 1 heterocycles. The number of benzene rings is 2. The minimum absolute atomic E-state index is 0.0959. The molecule has 1 aliphatic heterocycles. The molecule has 0 bridgehead atoms. The Kier molecular flexibility index (Phi) is 10.4. The molecule has 2 aromatic rings. The highest BCUT2D eigenvalue weighted by atomic mass is 16.6. The van der Waals surface area contributed by atoms with Gasteiger partial charge in [0.15, 0.2) is 6.04 Å². The lowest BCUT2D eigenvalue weighted by molar-refractivity contribution is -0.166. The van der Waals surface area contributed by atoms with Crippen molar-refractivity contribution in [2.45, 2.75) is 57.0 Å². The number of alkyl carbamates (subject to hydrolysis) is 1. The monoisotopic (exact) mass is 509 g/mol. The van der Waals surface area contributed by atoms with Gasteiger partial charge in [-0.25, -0.2) is 9.59 Å². The van der Waals surface area contributed by atoms with Gasteiger partial charge in [-0.1, -0.05) is 73.8 Å². The second-order valence-corrected chi connectivity index (χ2v) is 9.16. The van der Waals surface area contributed by atoms with Crippen molar-refractivity contribution in [2.75, 3.05) is 13.2 Å². The van der Waals surface area contributed by atoms with Crippen molar-refractivity contribution >= 4 is 12.1 Å². The van der Waals surface area contributed by atoms with Gasteiger partial charge in [0.25, 0.3) is 0 Å². The minimum atomic E-state index is -1.10. The molecule has 1 saturated heterocycles. The van der Waals surface area contributed by atoms with Crippen molar-refractivity contribution in [3.63, 3.8) is 0 Å². The van der Waals surface area contributed by atoms with Crippen molar-refractivity contribution in [1.29, 1.82) is 0 Å². The molecule has 2 aromatic carbocycles. The zero-order valence-electron chi connectivity index (χ0n) is 21.3. The van der Waals surface area contributed by atoms with Crippen molar-refractivity contribution in [1.82, 2.24) is 5.32 Å². The van der Waals surface area contributed by atoms with E-state index in [2.05, 4.69) is 18.5 Å². The van der Waals surface area contributed by atoms with Crippen LogP contribution in [0, 0.1) is 0 Å². The molecule has 0 aromatic heterocycles. The van der Waals surface area contributed by atoms with Crippen LogP contribution in [-0.2, 0) is 41.7 Å². The van der Waals surface area contributed by atoms with E-state index >= 15 is 0 Å². The number of ether oxygens (including phenoxy) is 5. The summed E-state index contributed by atoms with van der Waals surface area (Å²) in [6.45, 7) is 11.4. The molecule has 0 saturated carbocycles. The first kappa shape index (κ1) is 28.1. The number of hydrogen-bond acceptors (Lipinski definition) is 7. The van der Waals surface area contributed by atoms with Crippen LogP contribution in [-0.4, -0.2) is 55.2 Å². The van der Waals surface area contributed by atoms with Crippen LogP contribution in [0.1, 0.15) is 25.0 Å². The highest BCUT2D eigenvalue weighted by Gasteiger charge is 2.37. The number of hydrogen-bond donors (Lipinski definition) is 1. The maximum absolute atomic E-state index is 13.0. The van der Waals surface area contributed by atoms with Gasteiger partial charge in [-0.2, -0.15) is 0 Å². The third-order valence-electron chi connectivity index (χ3n) is 5.76. The molecule has 0 spiro atoms. The summed E-state index contributed by atoms with van der Waals surface area (Å²) in [7, 11) is 0. The van der Waals surface area contributed by atoms with Crippen molar-refractivity contribution in [2.24, 2.45) is 0 Å². The van der Waals surface area contributed by atoms with Gasteiger partial charge in [-0.05, 0) is 37.1 Å². The third-order valence-corrected chi connectivity index (χ3v) is 5.76. The smallest absolute Gasteiger partial charge is 0.408 e. The second kappa shape index (κ2) is 13.7. The summed E-state index contributed by atoms with van der Waals surface area (Å²) < 4.78 is 29.3. The first-order chi connectivity index (χ1) is 17.8. The molecule has 0 radical (unpaired) electrons. The molecule has 198 valence electrons. The molecule has 4 atom stereocenters. The second-order valence-electron chi connectivity index (χ2n) is 9.16. The van der Waals surface area contributed by atoms with Gasteiger partial charge in [-0.15, -0.1) is 0 Å². The average molecular weight is 510 g/mol. The Morgan fingerprint density at radius 3 is 2.16 bits per heavy atom. The van der Waals surface area contributed by atoms with Gasteiger partial charge in [0, 0.05) is 0 Å². The number of carbonyl (C=O) groups is 2. The predicted octanol–water partition coefficient (Wildman–Crippen LogP) is 4.34. The zero-order valence-corrected chi connectivity index (χ0v) is 21.3. The third kappa shape index (κ3) is 8.86. The van der Waals surface area contributed by atoms with E-state index in [-0.39, 0.29) is 19.8 Å². The average Bonchev–Trinajstić information content (AvgIpc) is 2.95. The van der Waals surface area contributed by atoms with E-state index in [1.54, 1.807) is 13.8 Å². The zero-order chi connectivity index (χ0) is 26.7. The number of cyclic esters (lactones) is 1. The van der Waals surface area contributed by atoms with Gasteiger partial charge in [0.1, 0.15) is 23.9 Å². The number of nitrogens with one attached hydrogen (secondary N) is 1. The Hall–Kier alpha value is -3.46. The van der Waals surface area contributed by atoms with E-state index in [1.807, 2.05) is 60.7 Å². The fourth-order valence-electron chi connectivity index (χ4n) is 3.58. The maximum atomic E-state index is 13.0. The van der Waals surface area contributed by atoms with Gasteiger partial charge < -0.3 is 29.0 Å². The first-order valence-corrected chi connectivity index (χ1v) is 12.2. The molecular formula is C29H35NO7. The molecule has 1 N–H and O–H groups in total. The predicted molar refractivity (Wildman–Crippen MR) is 139 cm³/mol. The van der Waals surface area contributed by atoms with E-state index in [1.165, 1.54) is 12.2 Å². The Balaban J connectivity index is 1.77. The molecule has 37 heavy (non-hydrogen) atoms. The van der Waals surface area contributed by atoms with E-state index in [0.29, 0.717) is 6.61 Å². The van der Waals surface area contributed by atoms with E-state index in [9.17, 15) is 9.59 Å². The quantitative estimate of drug-likeness (QED) is 0.376. The van der Waals surface area contributed by atoms with Crippen LogP contribution in [0.3, 0.4) is 0 Å². The van der Waals surface area contributed by atoms with Crippen molar-refractivity contribution < 1.29 is 33.3 Å². The normalized spacial score (nSPS) is 22.5. The molecule has 0 unspecified atom stereocenters. The standard InChI is InChI=1S/C29H35NO7/c1-5-24-26(35-18-22-15-11-8-12-16-22)25(34-17-21-13-9-7-10-14-21)20-33-19-23(27(31)36-24)30-28(32)37-29(3,4)6-2/h5-16,23-26H,1-2,17-20H2,3-4H3,(H,30,32)/t23-,24-,25+,26+/m1/s1. The van der Waals surface area contributed by atoms with Crippen LogP contribution in [0.15, 0.2) is 86.0 Å². The minimum Gasteiger partial charge on any atom is -0.454 e. The van der Waals surface area contributed by atoms with Gasteiger partial charge in [-0.3, -0.25) is 0 Å². The first-order valence-electron chi connectivity index (χ1n) is 12.2. The van der Waals surface area contributed by atoms with E-state index in [4.69, 9.17) is 23.7 Å². The Labute approximate surface area is 218 Å². The molecule has 0 aliphatic carbocycles. The SMILES string of the molecule is C=C[C@H]1OC(=O)[C@H](NC(=O)OC(C)(C)C=C)COC[C@H](OCc2ccccc2)[C@H]1OCc1ccccc1. The van der Waals surface area contributed by atoms with Crippen molar-refractivity contribution in [3.05, 3.63) is 97.1 Å². The van der Waals surface area contributed by atoms with Crippen LogP contribution in [0.25, 0.3) is 0 Å². The number of carbonyl (C=O) groups excluding carboxylic acids is 2. The highest BCUT2D eigenvalue weighted by molar-refractivity contribution is 5.82. The summed E-state index contributed by atoms with van der Waals surface area (Å²) in [6.07, 6.45) is 0.0263. The van der Waals surface area contributed by atoms with Crippen LogP contribution in [0.4, 0.5) is 4.79 Å². The lowest BCUT2D eigenvalue weighted by Gasteiger charge is -2.31. The molecule has 1 amide bonds. The summed E-state index contributed by atoms with van der Waals surface area (Å²) in [5, 5.41) is 2.52. The molecule has 3 rings (SSSR count). The molecule has 8 nitrogen and oxygen atoms in total. The topological polar surface area (TPSA) is 92.3 Å². The summed E-state index contributed by atoms with van der Waals surface area (Å²) in [5.74, 6) is -0.699. The van der Waals surface area contributed by atoms with E-state index < -0.39 is 42.0 Å². The van der Waals surface area contributed by atoms with Crippen LogP contribution in [0.5, 0.6) is 0 Å². The Bertz CT molecular complexity index is 1030. The van der Waals surface area contributed by atoms with Crippen LogP contribution >= 0.6 is 0 Å². The fourth-order valence-corrected chi connectivity index (χ4v) is 3.58. The summed E-state index contributed by atoms with van der Waals surface area (Å²) >= 11 is 0. The number of rotatable bonds is 10. The van der Waals surface area contributed by atoms with Gasteiger partial charge >= 0.3 is 12.1 Å². The largest absolute Gasteiger partial charge is 0.454 e. The van der Waals surface area contributed by atoms with Crippen LogP contribution < -0.4 is 5.32 Å². The molecule has 1 aliphatic rings. The van der Waals surface area contributed by atoms with Gasteiger partial charge in [0.2, 0.25) is 0 Å². The summed E-state index contributed by atoms with van der Waals surface area (Å²) in [5.41, 5.74) is 1.01. The van der Waals surface area contributed by atoms with Gasteiger partial charge in [0.05, 0.1) is 26.4 Å². The Morgan fingerprint density at radius 2 is 1.59 bits per heavy atom. The maximum Gasteiger partial charge on any atom is 0.408 e. The number of esters is 1. The van der Waals surface area contributed by atoms with Crippen molar-refractivity contribution in [3.8, 4) is 0 Å². The summed E-state index contributed by atoms with van der Waals surface area (Å²) in [4.78, 5) is 25.4. The Morgan fingerprint density at radius 1 is 1.00 bits per heavy atom. The van der Waals surface area contributed by atoms with Crippen LogP contribution in [0.2, 0.25) is 0 Å². The molecule has 1 fully saturated rings. The summed E-state index contributed by atoms with van der Waals surface area (Å²) in [6, 6.07) is 18.2. The molecule has 8 heteroatoms. The molecular weight excluding hydrogens is 474 g/mol. The fraction of sp³-hybridized carbons (Fsp3) is 0.379. The highest BCUT2D eigenvalue weighted by Crippen LogP contribution is 2.21.